The lowest BCUT2D eigenvalue weighted by atomic mass is 10.1. The summed E-state index contributed by atoms with van der Waals surface area (Å²) in [4.78, 5) is 30.4. The van der Waals surface area contributed by atoms with Gasteiger partial charge in [0.1, 0.15) is 5.69 Å². The van der Waals surface area contributed by atoms with Gasteiger partial charge in [-0.25, -0.2) is 9.67 Å². The maximum atomic E-state index is 12.2. The van der Waals surface area contributed by atoms with E-state index in [1.165, 1.54) is 4.68 Å². The quantitative estimate of drug-likeness (QED) is 0.842. The first-order valence-electron chi connectivity index (χ1n) is 8.57. The molecule has 8 heteroatoms. The Morgan fingerprint density at radius 2 is 2.32 bits per heavy atom. The van der Waals surface area contributed by atoms with Crippen LogP contribution in [-0.4, -0.2) is 40.3 Å². The third-order valence-corrected chi connectivity index (χ3v) is 5.31. The van der Waals surface area contributed by atoms with Gasteiger partial charge in [0, 0.05) is 38.1 Å². The van der Waals surface area contributed by atoms with Crippen molar-refractivity contribution < 1.29 is 4.79 Å². The molecule has 1 saturated heterocycles. The summed E-state index contributed by atoms with van der Waals surface area (Å²) in [6.45, 7) is 4.40. The lowest BCUT2D eigenvalue weighted by Crippen LogP contribution is -2.31. The SMILES string of the molecule is CCCc1nc(C(=O)NC[C@H]2CCN(c3cnn(C)c(=O)c3)C2)cs1. The third-order valence-electron chi connectivity index (χ3n) is 4.40. The molecule has 0 aliphatic carbocycles. The molecule has 134 valence electrons. The van der Waals surface area contributed by atoms with E-state index in [1.54, 1.807) is 30.6 Å². The average molecular weight is 361 g/mol. The Morgan fingerprint density at radius 3 is 3.08 bits per heavy atom. The Labute approximate surface area is 150 Å². The van der Waals surface area contributed by atoms with Crippen LogP contribution in [0.4, 0.5) is 5.69 Å². The lowest BCUT2D eigenvalue weighted by Gasteiger charge is -2.18. The minimum absolute atomic E-state index is 0.104. The van der Waals surface area contributed by atoms with Gasteiger partial charge < -0.3 is 10.2 Å². The van der Waals surface area contributed by atoms with Crippen molar-refractivity contribution in [3.63, 3.8) is 0 Å². The van der Waals surface area contributed by atoms with Crippen LogP contribution in [0.1, 0.15) is 35.3 Å². The summed E-state index contributed by atoms with van der Waals surface area (Å²) in [5.41, 5.74) is 1.25. The van der Waals surface area contributed by atoms with E-state index in [0.29, 0.717) is 18.2 Å². The van der Waals surface area contributed by atoms with Crippen molar-refractivity contribution >= 4 is 22.9 Å². The minimum Gasteiger partial charge on any atom is -0.370 e. The van der Waals surface area contributed by atoms with Gasteiger partial charge in [0.2, 0.25) is 0 Å². The van der Waals surface area contributed by atoms with Gasteiger partial charge in [0.15, 0.2) is 0 Å². The molecule has 0 saturated carbocycles. The van der Waals surface area contributed by atoms with Crippen LogP contribution in [0.2, 0.25) is 0 Å². The van der Waals surface area contributed by atoms with Crippen LogP contribution in [0.25, 0.3) is 0 Å². The van der Waals surface area contributed by atoms with Gasteiger partial charge in [-0.1, -0.05) is 6.92 Å². The molecule has 0 unspecified atom stereocenters. The molecule has 7 nitrogen and oxygen atoms in total. The van der Waals surface area contributed by atoms with Crippen LogP contribution >= 0.6 is 11.3 Å². The molecule has 25 heavy (non-hydrogen) atoms. The number of thiazole rings is 1. The van der Waals surface area contributed by atoms with Gasteiger partial charge in [0.25, 0.3) is 11.5 Å². The van der Waals surface area contributed by atoms with Gasteiger partial charge in [-0.3, -0.25) is 9.59 Å². The van der Waals surface area contributed by atoms with Crippen LogP contribution in [-0.2, 0) is 13.5 Å². The second kappa shape index (κ2) is 7.77. The van der Waals surface area contributed by atoms with Crippen molar-refractivity contribution in [3.8, 4) is 0 Å². The molecular formula is C17H23N5O2S. The topological polar surface area (TPSA) is 80.1 Å². The van der Waals surface area contributed by atoms with Gasteiger partial charge >= 0.3 is 0 Å². The molecule has 1 amide bonds. The van der Waals surface area contributed by atoms with Crippen LogP contribution in [0.5, 0.6) is 0 Å². The molecule has 1 aliphatic heterocycles. The number of carbonyl (C=O) groups excluding carboxylic acids is 1. The fourth-order valence-electron chi connectivity index (χ4n) is 2.94. The lowest BCUT2D eigenvalue weighted by molar-refractivity contribution is 0.0944. The van der Waals surface area contributed by atoms with E-state index in [2.05, 4.69) is 27.2 Å². The van der Waals surface area contributed by atoms with E-state index in [9.17, 15) is 9.59 Å². The highest BCUT2D eigenvalue weighted by molar-refractivity contribution is 7.09. The first-order valence-corrected chi connectivity index (χ1v) is 9.45. The van der Waals surface area contributed by atoms with Gasteiger partial charge in [0.05, 0.1) is 16.9 Å². The van der Waals surface area contributed by atoms with Gasteiger partial charge in [-0.15, -0.1) is 11.3 Å². The third kappa shape index (κ3) is 4.25. The van der Waals surface area contributed by atoms with Gasteiger partial charge in [-0.05, 0) is 25.2 Å². The number of anilines is 1. The highest BCUT2D eigenvalue weighted by Gasteiger charge is 2.24. The predicted molar refractivity (Wildman–Crippen MR) is 98.2 cm³/mol. The van der Waals surface area contributed by atoms with Crippen molar-refractivity contribution in [3.05, 3.63) is 38.7 Å². The molecule has 0 spiro atoms. The monoisotopic (exact) mass is 361 g/mol. The van der Waals surface area contributed by atoms with Crippen LogP contribution in [0.3, 0.4) is 0 Å². The molecule has 1 fully saturated rings. The molecule has 3 rings (SSSR count). The largest absolute Gasteiger partial charge is 0.370 e. The molecule has 0 bridgehead atoms. The van der Waals surface area contributed by atoms with Crippen molar-refractivity contribution in [2.75, 3.05) is 24.5 Å². The molecule has 1 aliphatic rings. The van der Waals surface area contributed by atoms with E-state index in [-0.39, 0.29) is 11.5 Å². The highest BCUT2D eigenvalue weighted by Crippen LogP contribution is 2.21. The van der Waals surface area contributed by atoms with E-state index >= 15 is 0 Å². The molecule has 1 N–H and O–H groups in total. The summed E-state index contributed by atoms with van der Waals surface area (Å²) < 4.78 is 1.32. The molecule has 3 heterocycles. The summed E-state index contributed by atoms with van der Waals surface area (Å²) >= 11 is 1.54. The number of nitrogens with zero attached hydrogens (tertiary/aromatic N) is 4. The van der Waals surface area contributed by atoms with Crippen molar-refractivity contribution in [2.24, 2.45) is 13.0 Å². The minimum atomic E-state index is -0.110. The summed E-state index contributed by atoms with van der Waals surface area (Å²) in [5.74, 6) is 0.258. The summed E-state index contributed by atoms with van der Waals surface area (Å²) in [6, 6.07) is 1.61. The number of amides is 1. The van der Waals surface area contributed by atoms with Crippen molar-refractivity contribution in [1.29, 1.82) is 0 Å². The zero-order valence-electron chi connectivity index (χ0n) is 14.6. The second-order valence-electron chi connectivity index (χ2n) is 6.36. The molecule has 2 aromatic heterocycles. The van der Waals surface area contributed by atoms with Gasteiger partial charge in [-0.2, -0.15) is 5.10 Å². The maximum Gasteiger partial charge on any atom is 0.270 e. The first-order chi connectivity index (χ1) is 12.1. The number of hydrogen-bond acceptors (Lipinski definition) is 6. The summed E-state index contributed by atoms with van der Waals surface area (Å²) in [6.07, 6.45) is 4.64. The summed E-state index contributed by atoms with van der Waals surface area (Å²) in [7, 11) is 1.64. The number of carbonyl (C=O) groups is 1. The zero-order valence-corrected chi connectivity index (χ0v) is 15.4. The fraction of sp³-hybridized carbons (Fsp3) is 0.529. The first kappa shape index (κ1) is 17.6. The number of nitrogens with one attached hydrogen (secondary N) is 1. The van der Waals surface area contributed by atoms with Crippen LogP contribution in [0, 0.1) is 5.92 Å². The number of hydrogen-bond donors (Lipinski definition) is 1. The smallest absolute Gasteiger partial charge is 0.270 e. The Hall–Kier alpha value is -2.22. The molecule has 1 atom stereocenters. The van der Waals surface area contributed by atoms with E-state index in [0.717, 1.165) is 43.0 Å². The predicted octanol–water partition coefficient (Wildman–Crippen LogP) is 1.45. The van der Waals surface area contributed by atoms with Crippen molar-refractivity contribution in [2.45, 2.75) is 26.2 Å². The fourth-order valence-corrected chi connectivity index (χ4v) is 3.82. The van der Waals surface area contributed by atoms with Crippen LogP contribution in [0.15, 0.2) is 22.4 Å². The van der Waals surface area contributed by atoms with E-state index in [1.807, 2.05) is 5.38 Å². The standard InChI is InChI=1S/C17H23N5O2S/c1-3-4-15-20-14(11-25-15)17(24)18-8-12-5-6-22(10-12)13-7-16(23)21(2)19-9-13/h7,9,11-12H,3-6,8,10H2,1-2H3,(H,18,24)/t12-/m1/s1. The zero-order chi connectivity index (χ0) is 17.8. The Morgan fingerprint density at radius 1 is 1.48 bits per heavy atom. The maximum absolute atomic E-state index is 12.2. The Bertz CT molecular complexity index is 800. The van der Waals surface area contributed by atoms with E-state index in [4.69, 9.17) is 0 Å². The molecule has 2 aromatic rings. The average Bonchev–Trinajstić information content (AvgIpc) is 3.25. The summed E-state index contributed by atoms with van der Waals surface area (Å²) in [5, 5.41) is 9.89. The Balaban J connectivity index is 1.51. The molecule has 0 radical (unpaired) electrons. The normalized spacial score (nSPS) is 17.0. The van der Waals surface area contributed by atoms with E-state index < -0.39 is 0 Å². The molecular weight excluding hydrogens is 338 g/mol. The van der Waals surface area contributed by atoms with Crippen LogP contribution < -0.4 is 15.8 Å². The highest BCUT2D eigenvalue weighted by atomic mass is 32.1. The Kier molecular flexibility index (Phi) is 5.47. The number of rotatable bonds is 6. The van der Waals surface area contributed by atoms with Crippen molar-refractivity contribution in [1.82, 2.24) is 20.1 Å². The number of aryl methyl sites for hydroxylation is 2. The number of aromatic nitrogens is 3. The molecule has 0 aromatic carbocycles. The second-order valence-corrected chi connectivity index (χ2v) is 7.31.